The first kappa shape index (κ1) is 19.1. The van der Waals surface area contributed by atoms with Gasteiger partial charge in [0.25, 0.3) is 5.91 Å². The Morgan fingerprint density at radius 2 is 1.85 bits per heavy atom. The van der Waals surface area contributed by atoms with E-state index in [0.717, 1.165) is 5.56 Å². The molecule has 0 radical (unpaired) electrons. The zero-order chi connectivity index (χ0) is 18.9. The molecule has 136 valence electrons. The summed E-state index contributed by atoms with van der Waals surface area (Å²) < 4.78 is 0. The highest BCUT2D eigenvalue weighted by Crippen LogP contribution is 2.15. The van der Waals surface area contributed by atoms with Gasteiger partial charge in [0.15, 0.2) is 0 Å². The number of hydrogen-bond donors (Lipinski definition) is 4. The van der Waals surface area contributed by atoms with E-state index in [-0.39, 0.29) is 24.3 Å². The van der Waals surface area contributed by atoms with Crippen LogP contribution >= 0.6 is 0 Å². The summed E-state index contributed by atoms with van der Waals surface area (Å²) in [6, 6.07) is 9.96. The van der Waals surface area contributed by atoms with Crippen molar-refractivity contribution in [3.8, 4) is 0 Å². The summed E-state index contributed by atoms with van der Waals surface area (Å²) in [5.74, 6) is -2.20. The number of nitrogens with one attached hydrogen (secondary N) is 3. The lowest BCUT2D eigenvalue weighted by Crippen LogP contribution is -2.39. The van der Waals surface area contributed by atoms with Gasteiger partial charge in [0.1, 0.15) is 0 Å². The number of aliphatic hydroxyl groups excluding tert-OH is 1. The van der Waals surface area contributed by atoms with Gasteiger partial charge in [-0.1, -0.05) is 18.2 Å². The Labute approximate surface area is 150 Å². The number of nitrogens with zero attached hydrogens (tertiary/aromatic N) is 1. The van der Waals surface area contributed by atoms with Crippen LogP contribution in [0.2, 0.25) is 0 Å². The summed E-state index contributed by atoms with van der Waals surface area (Å²) in [6.07, 6.45) is 2.51. The molecule has 0 unspecified atom stereocenters. The molecule has 1 atom stereocenters. The number of hydrogen-bond acceptors (Lipinski definition) is 5. The van der Waals surface area contributed by atoms with Crippen LogP contribution in [0, 0.1) is 0 Å². The molecule has 8 heteroatoms. The first-order valence-electron chi connectivity index (χ1n) is 8.00. The van der Waals surface area contributed by atoms with Gasteiger partial charge in [0.05, 0.1) is 17.4 Å². The molecule has 3 amide bonds. The van der Waals surface area contributed by atoms with Crippen molar-refractivity contribution in [2.24, 2.45) is 0 Å². The van der Waals surface area contributed by atoms with Crippen LogP contribution in [0.5, 0.6) is 0 Å². The molecule has 4 N–H and O–H groups in total. The summed E-state index contributed by atoms with van der Waals surface area (Å²) in [5.41, 5.74) is 1.28. The predicted octanol–water partition coefficient (Wildman–Crippen LogP) is 0.447. The fourth-order valence-corrected chi connectivity index (χ4v) is 2.07. The largest absolute Gasteiger partial charge is 0.392 e. The first-order valence-corrected chi connectivity index (χ1v) is 8.00. The summed E-state index contributed by atoms with van der Waals surface area (Å²) in [7, 11) is 0. The number of amides is 3. The molecule has 0 aliphatic heterocycles. The maximum absolute atomic E-state index is 12.4. The van der Waals surface area contributed by atoms with Gasteiger partial charge >= 0.3 is 11.8 Å². The SMILES string of the molecule is C[C@H](O)CNC(=O)C(=O)Nc1ccccc1C(=O)NCc1cccnc1. The summed E-state index contributed by atoms with van der Waals surface area (Å²) in [4.78, 5) is 40.0. The maximum Gasteiger partial charge on any atom is 0.313 e. The average molecular weight is 356 g/mol. The standard InChI is InChI=1S/C18H20N4O4/c1-12(23)9-20-17(25)18(26)22-15-7-3-2-6-14(15)16(24)21-11-13-5-4-8-19-10-13/h2-8,10,12,23H,9,11H2,1H3,(H,20,25)(H,21,24)(H,22,26)/t12-/m0/s1. The zero-order valence-electron chi connectivity index (χ0n) is 14.2. The van der Waals surface area contributed by atoms with Gasteiger partial charge in [0.2, 0.25) is 0 Å². The lowest BCUT2D eigenvalue weighted by atomic mass is 10.1. The number of pyridine rings is 1. The van der Waals surface area contributed by atoms with Crippen LogP contribution in [0.3, 0.4) is 0 Å². The Morgan fingerprint density at radius 1 is 1.08 bits per heavy atom. The monoisotopic (exact) mass is 356 g/mol. The van der Waals surface area contributed by atoms with Crippen molar-refractivity contribution in [3.05, 3.63) is 59.9 Å². The molecule has 26 heavy (non-hydrogen) atoms. The first-order chi connectivity index (χ1) is 12.5. The number of para-hydroxylation sites is 1. The van der Waals surface area contributed by atoms with E-state index in [1.165, 1.54) is 13.0 Å². The Hall–Kier alpha value is -3.26. The van der Waals surface area contributed by atoms with Crippen molar-refractivity contribution in [3.63, 3.8) is 0 Å². The molecule has 0 saturated heterocycles. The molecule has 1 aromatic heterocycles. The number of rotatable bonds is 6. The van der Waals surface area contributed by atoms with E-state index in [0.29, 0.717) is 0 Å². The number of anilines is 1. The predicted molar refractivity (Wildman–Crippen MR) is 95.2 cm³/mol. The lowest BCUT2D eigenvalue weighted by molar-refractivity contribution is -0.136. The number of benzene rings is 1. The van der Waals surface area contributed by atoms with Crippen molar-refractivity contribution in [2.75, 3.05) is 11.9 Å². The number of aromatic nitrogens is 1. The number of carbonyl (C=O) groups excluding carboxylic acids is 3. The van der Waals surface area contributed by atoms with Gasteiger partial charge in [-0.25, -0.2) is 0 Å². The Balaban J connectivity index is 2.01. The molecule has 2 rings (SSSR count). The second-order valence-electron chi connectivity index (χ2n) is 5.60. The van der Waals surface area contributed by atoms with E-state index in [1.807, 2.05) is 6.07 Å². The second-order valence-corrected chi connectivity index (χ2v) is 5.60. The smallest absolute Gasteiger partial charge is 0.313 e. The van der Waals surface area contributed by atoms with Crippen molar-refractivity contribution in [1.29, 1.82) is 0 Å². The zero-order valence-corrected chi connectivity index (χ0v) is 14.2. The Bertz CT molecular complexity index is 778. The topological polar surface area (TPSA) is 120 Å². The van der Waals surface area contributed by atoms with E-state index in [2.05, 4.69) is 20.9 Å². The molecule has 0 fully saturated rings. The summed E-state index contributed by atoms with van der Waals surface area (Å²) in [6.45, 7) is 1.73. The maximum atomic E-state index is 12.4. The van der Waals surface area contributed by atoms with Crippen LogP contribution < -0.4 is 16.0 Å². The van der Waals surface area contributed by atoms with Gasteiger partial charge in [-0.05, 0) is 30.7 Å². The Morgan fingerprint density at radius 3 is 2.54 bits per heavy atom. The molecular weight excluding hydrogens is 336 g/mol. The number of carbonyl (C=O) groups is 3. The van der Waals surface area contributed by atoms with Crippen LogP contribution in [0.15, 0.2) is 48.8 Å². The molecular formula is C18H20N4O4. The normalized spacial score (nSPS) is 11.3. The molecule has 0 bridgehead atoms. The van der Waals surface area contributed by atoms with Crippen molar-refractivity contribution in [2.45, 2.75) is 19.6 Å². The third-order valence-corrected chi connectivity index (χ3v) is 3.36. The van der Waals surface area contributed by atoms with Crippen molar-refractivity contribution < 1.29 is 19.5 Å². The van der Waals surface area contributed by atoms with E-state index >= 15 is 0 Å². The van der Waals surface area contributed by atoms with Gasteiger partial charge in [-0.15, -0.1) is 0 Å². The van der Waals surface area contributed by atoms with Crippen LogP contribution in [0.4, 0.5) is 5.69 Å². The van der Waals surface area contributed by atoms with Crippen molar-refractivity contribution in [1.82, 2.24) is 15.6 Å². The quantitative estimate of drug-likeness (QED) is 0.560. The molecule has 0 saturated carbocycles. The molecule has 1 heterocycles. The molecule has 8 nitrogen and oxygen atoms in total. The molecule has 2 aromatic rings. The summed E-state index contributed by atoms with van der Waals surface area (Å²) >= 11 is 0. The van der Waals surface area contributed by atoms with Crippen LogP contribution in [0.1, 0.15) is 22.8 Å². The molecule has 0 aliphatic rings. The Kier molecular flexibility index (Phi) is 6.81. The highest BCUT2D eigenvalue weighted by molar-refractivity contribution is 6.40. The number of aliphatic hydroxyl groups is 1. The van der Waals surface area contributed by atoms with Crippen molar-refractivity contribution >= 4 is 23.4 Å². The fraction of sp³-hybridized carbons (Fsp3) is 0.222. The van der Waals surface area contributed by atoms with E-state index in [4.69, 9.17) is 5.11 Å². The summed E-state index contributed by atoms with van der Waals surface area (Å²) in [5, 5.41) is 16.6. The van der Waals surface area contributed by atoms with Crippen LogP contribution in [-0.4, -0.2) is 40.5 Å². The van der Waals surface area contributed by atoms with Gasteiger partial charge in [-0.2, -0.15) is 0 Å². The van der Waals surface area contributed by atoms with E-state index in [9.17, 15) is 14.4 Å². The average Bonchev–Trinajstić information content (AvgIpc) is 2.65. The highest BCUT2D eigenvalue weighted by atomic mass is 16.3. The van der Waals surface area contributed by atoms with Crippen LogP contribution in [-0.2, 0) is 16.1 Å². The minimum Gasteiger partial charge on any atom is -0.392 e. The van der Waals surface area contributed by atoms with E-state index in [1.54, 1.807) is 36.7 Å². The molecule has 0 spiro atoms. The highest BCUT2D eigenvalue weighted by Gasteiger charge is 2.18. The molecule has 0 aliphatic carbocycles. The van der Waals surface area contributed by atoms with Crippen LogP contribution in [0.25, 0.3) is 0 Å². The minimum absolute atomic E-state index is 0.0422. The van der Waals surface area contributed by atoms with Gasteiger partial charge in [-0.3, -0.25) is 19.4 Å². The minimum atomic E-state index is -0.918. The fourth-order valence-electron chi connectivity index (χ4n) is 2.07. The van der Waals surface area contributed by atoms with Gasteiger partial charge < -0.3 is 21.1 Å². The lowest BCUT2D eigenvalue weighted by Gasteiger charge is -2.12. The van der Waals surface area contributed by atoms with E-state index < -0.39 is 23.8 Å². The second kappa shape index (κ2) is 9.28. The third-order valence-electron chi connectivity index (χ3n) is 3.36. The van der Waals surface area contributed by atoms with Gasteiger partial charge in [0, 0.05) is 25.5 Å². The molecule has 1 aromatic carbocycles. The third kappa shape index (κ3) is 5.67.